The average Bonchev–Trinajstić information content (AvgIpc) is 2.52. The Bertz CT molecular complexity index is 505. The molecule has 0 unspecified atom stereocenters. The van der Waals surface area contributed by atoms with Gasteiger partial charge >= 0.3 is 0 Å². The van der Waals surface area contributed by atoms with Crippen molar-refractivity contribution < 1.29 is 0 Å². The van der Waals surface area contributed by atoms with Crippen LogP contribution in [-0.4, -0.2) is 0 Å². The minimum atomic E-state index is 1.22. The maximum absolute atomic E-state index is 2.29. The van der Waals surface area contributed by atoms with E-state index in [0.717, 1.165) is 0 Å². The summed E-state index contributed by atoms with van der Waals surface area (Å²) in [7, 11) is 0. The molecule has 2 rings (SSSR count). The molecule has 0 nitrogen and oxygen atoms in total. The highest BCUT2D eigenvalue weighted by molar-refractivity contribution is 5.63. The van der Waals surface area contributed by atoms with Crippen LogP contribution in [0.2, 0.25) is 0 Å². The molecule has 0 aliphatic rings. The van der Waals surface area contributed by atoms with Crippen molar-refractivity contribution in [2.75, 3.05) is 0 Å². The summed E-state index contributed by atoms with van der Waals surface area (Å²) >= 11 is 0. The van der Waals surface area contributed by atoms with Crippen LogP contribution < -0.4 is 0 Å². The average molecular weight is 280 g/mol. The lowest BCUT2D eigenvalue weighted by molar-refractivity contribution is 0.607. The van der Waals surface area contributed by atoms with Gasteiger partial charge in [0.2, 0.25) is 0 Å². The lowest BCUT2D eigenvalue weighted by Crippen LogP contribution is -1.87. The molecular weight excluding hydrogens is 252 g/mol. The number of rotatable bonds is 8. The van der Waals surface area contributed by atoms with E-state index < -0.39 is 0 Å². The molecule has 2 aromatic rings. The standard InChI is InChI=1S/C21H28/c1-3-4-5-6-7-8-9-19-12-16-21(17-13-19)20-14-10-18(2)11-15-20/h10-17H,3-9H2,1-2H3. The van der Waals surface area contributed by atoms with Crippen LogP contribution in [0.25, 0.3) is 11.1 Å². The predicted octanol–water partition coefficient (Wildman–Crippen LogP) is 6.57. The zero-order valence-corrected chi connectivity index (χ0v) is 13.6. The molecule has 0 saturated heterocycles. The second kappa shape index (κ2) is 8.67. The largest absolute Gasteiger partial charge is 0.0654 e. The molecule has 21 heavy (non-hydrogen) atoms. The fourth-order valence-electron chi connectivity index (χ4n) is 2.72. The molecule has 0 saturated carbocycles. The van der Waals surface area contributed by atoms with Crippen LogP contribution in [0.5, 0.6) is 0 Å². The summed E-state index contributed by atoms with van der Waals surface area (Å²) in [6, 6.07) is 17.9. The molecule has 112 valence electrons. The van der Waals surface area contributed by atoms with Crippen molar-refractivity contribution in [3.63, 3.8) is 0 Å². The van der Waals surface area contributed by atoms with Crippen molar-refractivity contribution in [3.8, 4) is 11.1 Å². The van der Waals surface area contributed by atoms with E-state index >= 15 is 0 Å². The summed E-state index contributed by atoms with van der Waals surface area (Å²) in [6.07, 6.45) is 9.46. The monoisotopic (exact) mass is 280 g/mol. The van der Waals surface area contributed by atoms with Crippen molar-refractivity contribution in [2.45, 2.75) is 58.8 Å². The molecule has 2 aromatic carbocycles. The van der Waals surface area contributed by atoms with E-state index in [-0.39, 0.29) is 0 Å². The molecule has 0 aromatic heterocycles. The summed E-state index contributed by atoms with van der Waals surface area (Å²) in [6.45, 7) is 4.41. The first-order valence-electron chi connectivity index (χ1n) is 8.45. The molecular formula is C21H28. The third-order valence-electron chi connectivity index (χ3n) is 4.16. The molecule has 0 spiro atoms. The van der Waals surface area contributed by atoms with Crippen LogP contribution in [0.4, 0.5) is 0 Å². The number of unbranched alkanes of at least 4 members (excludes halogenated alkanes) is 5. The fraction of sp³-hybridized carbons (Fsp3) is 0.429. The highest BCUT2D eigenvalue weighted by Crippen LogP contribution is 2.21. The van der Waals surface area contributed by atoms with Gasteiger partial charge in [0, 0.05) is 0 Å². The van der Waals surface area contributed by atoms with Crippen LogP contribution in [0.15, 0.2) is 48.5 Å². The van der Waals surface area contributed by atoms with Crippen molar-refractivity contribution in [1.29, 1.82) is 0 Å². The molecule has 0 heterocycles. The Labute approximate surface area is 130 Å². The Morgan fingerprint density at radius 3 is 1.76 bits per heavy atom. The first-order valence-corrected chi connectivity index (χ1v) is 8.45. The third kappa shape index (κ3) is 5.38. The topological polar surface area (TPSA) is 0 Å². The minimum Gasteiger partial charge on any atom is -0.0654 e. The van der Waals surface area contributed by atoms with E-state index in [1.54, 1.807) is 0 Å². The molecule has 0 amide bonds. The van der Waals surface area contributed by atoms with Crippen molar-refractivity contribution in [1.82, 2.24) is 0 Å². The first-order chi connectivity index (χ1) is 10.3. The first kappa shape index (κ1) is 15.8. The summed E-state index contributed by atoms with van der Waals surface area (Å²) in [5.41, 5.74) is 5.42. The molecule has 0 N–H and O–H groups in total. The van der Waals surface area contributed by atoms with Gasteiger partial charge in [-0.05, 0) is 36.5 Å². The molecule has 0 radical (unpaired) electrons. The SMILES string of the molecule is CCCCCCCCc1ccc(-c2ccc(C)cc2)cc1. The molecule has 0 atom stereocenters. The lowest BCUT2D eigenvalue weighted by atomic mass is 10.0. The smallest absolute Gasteiger partial charge is 0.0184 e. The number of hydrogen-bond acceptors (Lipinski definition) is 0. The van der Waals surface area contributed by atoms with E-state index in [0.29, 0.717) is 0 Å². The maximum atomic E-state index is 2.29. The van der Waals surface area contributed by atoms with Crippen molar-refractivity contribution in [2.24, 2.45) is 0 Å². The van der Waals surface area contributed by atoms with Gasteiger partial charge in [0.1, 0.15) is 0 Å². The van der Waals surface area contributed by atoms with Crippen LogP contribution in [0.1, 0.15) is 56.6 Å². The zero-order chi connectivity index (χ0) is 14.9. The van der Waals surface area contributed by atoms with Gasteiger partial charge in [-0.25, -0.2) is 0 Å². The normalized spacial score (nSPS) is 10.8. The minimum absolute atomic E-state index is 1.22. The Morgan fingerprint density at radius 2 is 1.14 bits per heavy atom. The van der Waals surface area contributed by atoms with Crippen molar-refractivity contribution in [3.05, 3.63) is 59.7 Å². The number of hydrogen-bond donors (Lipinski definition) is 0. The van der Waals surface area contributed by atoms with E-state index in [4.69, 9.17) is 0 Å². The predicted molar refractivity (Wildman–Crippen MR) is 93.7 cm³/mol. The Balaban J connectivity index is 1.80. The van der Waals surface area contributed by atoms with Crippen LogP contribution >= 0.6 is 0 Å². The lowest BCUT2D eigenvalue weighted by Gasteiger charge is -2.05. The van der Waals surface area contributed by atoms with Crippen LogP contribution in [0, 0.1) is 6.92 Å². The summed E-state index contributed by atoms with van der Waals surface area (Å²) in [4.78, 5) is 0. The van der Waals surface area contributed by atoms with E-state index in [9.17, 15) is 0 Å². The van der Waals surface area contributed by atoms with Gasteiger partial charge in [-0.3, -0.25) is 0 Å². The van der Waals surface area contributed by atoms with Gasteiger partial charge in [0.25, 0.3) is 0 Å². The Morgan fingerprint density at radius 1 is 0.619 bits per heavy atom. The van der Waals surface area contributed by atoms with E-state index in [1.807, 2.05) is 0 Å². The number of aryl methyl sites for hydroxylation is 2. The Hall–Kier alpha value is -1.56. The summed E-state index contributed by atoms with van der Waals surface area (Å²) in [5.74, 6) is 0. The molecule has 0 aliphatic carbocycles. The van der Waals surface area contributed by atoms with Crippen molar-refractivity contribution >= 4 is 0 Å². The second-order valence-corrected chi connectivity index (χ2v) is 6.08. The van der Waals surface area contributed by atoms with Gasteiger partial charge in [-0.15, -0.1) is 0 Å². The van der Waals surface area contributed by atoms with Gasteiger partial charge in [-0.1, -0.05) is 93.1 Å². The molecule has 0 bridgehead atoms. The van der Waals surface area contributed by atoms with Crippen LogP contribution in [-0.2, 0) is 6.42 Å². The molecule has 0 fully saturated rings. The maximum Gasteiger partial charge on any atom is -0.0184 e. The number of benzene rings is 2. The molecule has 0 aliphatic heterocycles. The summed E-state index contributed by atoms with van der Waals surface area (Å²) < 4.78 is 0. The Kier molecular flexibility index (Phi) is 6.53. The van der Waals surface area contributed by atoms with Gasteiger partial charge in [0.15, 0.2) is 0 Å². The molecule has 0 heteroatoms. The quantitative estimate of drug-likeness (QED) is 0.480. The third-order valence-corrected chi connectivity index (χ3v) is 4.16. The van der Waals surface area contributed by atoms with Gasteiger partial charge in [-0.2, -0.15) is 0 Å². The highest BCUT2D eigenvalue weighted by atomic mass is 14.0. The fourth-order valence-corrected chi connectivity index (χ4v) is 2.72. The second-order valence-electron chi connectivity index (χ2n) is 6.08. The van der Waals surface area contributed by atoms with Gasteiger partial charge in [0.05, 0.1) is 0 Å². The zero-order valence-electron chi connectivity index (χ0n) is 13.6. The van der Waals surface area contributed by atoms with E-state index in [1.165, 1.54) is 67.2 Å². The van der Waals surface area contributed by atoms with E-state index in [2.05, 4.69) is 62.4 Å². The van der Waals surface area contributed by atoms with Gasteiger partial charge < -0.3 is 0 Å². The summed E-state index contributed by atoms with van der Waals surface area (Å²) in [5, 5.41) is 0. The van der Waals surface area contributed by atoms with Crippen LogP contribution in [0.3, 0.4) is 0 Å². The highest BCUT2D eigenvalue weighted by Gasteiger charge is 1.98.